The molecular formula is C13H16F3N3O4. The van der Waals surface area contributed by atoms with Crippen molar-refractivity contribution in [2.24, 2.45) is 5.92 Å². The van der Waals surface area contributed by atoms with Gasteiger partial charge in [0.15, 0.2) is 0 Å². The highest BCUT2D eigenvalue weighted by Crippen LogP contribution is 2.37. The van der Waals surface area contributed by atoms with Gasteiger partial charge in [-0.2, -0.15) is 18.3 Å². The van der Waals surface area contributed by atoms with Gasteiger partial charge in [-0.1, -0.05) is 0 Å². The van der Waals surface area contributed by atoms with Gasteiger partial charge >= 0.3 is 12.1 Å². The summed E-state index contributed by atoms with van der Waals surface area (Å²) in [5.74, 6) is -0.890. The van der Waals surface area contributed by atoms with Gasteiger partial charge in [-0.05, 0) is 18.8 Å². The number of carboxylic acid groups (broad SMARTS) is 1. The third kappa shape index (κ3) is 4.95. The number of carbonyl (C=O) groups is 1. The Labute approximate surface area is 128 Å². The molecule has 1 atom stereocenters. The fourth-order valence-electron chi connectivity index (χ4n) is 2.15. The number of hydrogen-bond acceptors (Lipinski definition) is 5. The Hall–Kier alpha value is -2.10. The van der Waals surface area contributed by atoms with E-state index in [4.69, 9.17) is 9.84 Å². The molecule has 0 unspecified atom stereocenters. The number of halogens is 3. The summed E-state index contributed by atoms with van der Waals surface area (Å²) in [4.78, 5) is 21.8. The number of rotatable bonds is 8. The Morgan fingerprint density at radius 3 is 2.78 bits per heavy atom. The normalized spacial score (nSPS) is 16.1. The van der Waals surface area contributed by atoms with Gasteiger partial charge in [0, 0.05) is 0 Å². The van der Waals surface area contributed by atoms with Crippen LogP contribution >= 0.6 is 0 Å². The zero-order valence-electron chi connectivity index (χ0n) is 12.0. The second-order valence-corrected chi connectivity index (χ2v) is 5.29. The zero-order valence-corrected chi connectivity index (χ0v) is 12.0. The number of hydrogen-bond donors (Lipinski definition) is 3. The van der Waals surface area contributed by atoms with E-state index in [-0.39, 0.29) is 25.6 Å². The average Bonchev–Trinajstić information content (AvgIpc) is 3.25. The molecule has 23 heavy (non-hydrogen) atoms. The number of nitrogens with zero attached hydrogens (tertiary/aromatic N) is 1. The van der Waals surface area contributed by atoms with Crippen LogP contribution in [0, 0.1) is 5.92 Å². The van der Waals surface area contributed by atoms with Crippen LogP contribution in [0.15, 0.2) is 11.0 Å². The summed E-state index contributed by atoms with van der Waals surface area (Å²) in [6.07, 6.45) is -2.42. The monoisotopic (exact) mass is 335 g/mol. The van der Waals surface area contributed by atoms with Gasteiger partial charge in [-0.3, -0.25) is 9.59 Å². The van der Waals surface area contributed by atoms with Crippen molar-refractivity contribution in [3.63, 3.8) is 0 Å². The van der Waals surface area contributed by atoms with E-state index in [1.165, 1.54) is 0 Å². The maximum atomic E-state index is 13.0. The highest BCUT2D eigenvalue weighted by Gasteiger charge is 2.39. The number of aromatic amines is 1. The van der Waals surface area contributed by atoms with Crippen LogP contribution in [0.1, 0.15) is 24.8 Å². The molecule has 0 aromatic carbocycles. The highest BCUT2D eigenvalue weighted by atomic mass is 19.4. The first kappa shape index (κ1) is 17.3. The molecule has 1 saturated carbocycles. The lowest BCUT2D eigenvalue weighted by molar-refractivity contribution is -0.139. The molecule has 1 aliphatic carbocycles. The first-order valence-corrected chi connectivity index (χ1v) is 7.00. The van der Waals surface area contributed by atoms with Crippen LogP contribution in [0.5, 0.6) is 0 Å². The van der Waals surface area contributed by atoms with Crippen LogP contribution in [0.3, 0.4) is 0 Å². The molecule has 1 heterocycles. The maximum absolute atomic E-state index is 13.0. The SMILES string of the molecule is O=C(O)CCOC[C@@H](Nc1cn[nH]c(=O)c1C(F)(F)F)C1CC1. The number of nitrogens with one attached hydrogen (secondary N) is 2. The minimum absolute atomic E-state index is 0.0278. The molecular weight excluding hydrogens is 319 g/mol. The Kier molecular flexibility index (Phi) is 5.24. The second-order valence-electron chi connectivity index (χ2n) is 5.29. The van der Waals surface area contributed by atoms with Gasteiger partial charge in [0.2, 0.25) is 0 Å². The molecule has 3 N–H and O–H groups in total. The van der Waals surface area contributed by atoms with Crippen molar-refractivity contribution in [1.82, 2.24) is 10.2 Å². The molecule has 1 aliphatic rings. The predicted molar refractivity (Wildman–Crippen MR) is 73.1 cm³/mol. The number of H-pyrrole nitrogens is 1. The Balaban J connectivity index is 2.07. The molecule has 0 saturated heterocycles. The minimum atomic E-state index is -4.81. The van der Waals surface area contributed by atoms with Gasteiger partial charge in [-0.25, -0.2) is 5.10 Å². The third-order valence-electron chi connectivity index (χ3n) is 3.43. The number of ether oxygens (including phenoxy) is 1. The van der Waals surface area contributed by atoms with Crippen LogP contribution in [-0.4, -0.2) is 40.5 Å². The van der Waals surface area contributed by atoms with E-state index in [2.05, 4.69) is 10.4 Å². The summed E-state index contributed by atoms with van der Waals surface area (Å²) >= 11 is 0. The summed E-state index contributed by atoms with van der Waals surface area (Å²) in [6, 6.07) is -0.437. The largest absolute Gasteiger partial charge is 0.481 e. The summed E-state index contributed by atoms with van der Waals surface area (Å²) < 4.78 is 44.2. The van der Waals surface area contributed by atoms with E-state index in [9.17, 15) is 22.8 Å². The number of carboxylic acids is 1. The van der Waals surface area contributed by atoms with Gasteiger partial charge in [0.1, 0.15) is 5.56 Å². The van der Waals surface area contributed by atoms with Crippen LogP contribution < -0.4 is 10.9 Å². The summed E-state index contributed by atoms with van der Waals surface area (Å²) in [5, 5.41) is 16.4. The van der Waals surface area contributed by atoms with Crippen molar-refractivity contribution in [3.05, 3.63) is 22.1 Å². The molecule has 0 bridgehead atoms. The van der Waals surface area contributed by atoms with Crippen LogP contribution in [0.25, 0.3) is 0 Å². The van der Waals surface area contributed by atoms with Gasteiger partial charge in [-0.15, -0.1) is 0 Å². The minimum Gasteiger partial charge on any atom is -0.481 e. The lowest BCUT2D eigenvalue weighted by atomic mass is 10.1. The number of anilines is 1. The molecule has 1 aromatic heterocycles. The lowest BCUT2D eigenvalue weighted by Gasteiger charge is -2.21. The van der Waals surface area contributed by atoms with E-state index >= 15 is 0 Å². The second kappa shape index (κ2) is 6.99. The predicted octanol–water partition coefficient (Wildman–Crippen LogP) is 1.47. The van der Waals surface area contributed by atoms with Crippen LogP contribution in [0.2, 0.25) is 0 Å². The summed E-state index contributed by atoms with van der Waals surface area (Å²) in [5.41, 5.74) is -3.05. The van der Waals surface area contributed by atoms with E-state index in [0.29, 0.717) is 0 Å². The molecule has 2 rings (SSSR count). The fourth-order valence-corrected chi connectivity index (χ4v) is 2.15. The van der Waals surface area contributed by atoms with E-state index in [1.807, 2.05) is 0 Å². The zero-order chi connectivity index (χ0) is 17.0. The molecule has 10 heteroatoms. The summed E-state index contributed by atoms with van der Waals surface area (Å²) in [6.45, 7) is 0.0298. The lowest BCUT2D eigenvalue weighted by Crippen LogP contribution is -2.32. The molecule has 7 nitrogen and oxygen atoms in total. The topological polar surface area (TPSA) is 104 Å². The van der Waals surface area contributed by atoms with E-state index < -0.39 is 35.0 Å². The smallest absolute Gasteiger partial charge is 0.423 e. The standard InChI is InChI=1S/C13H16F3N3O4/c14-13(15,16)11-8(5-17-19-12(11)22)18-9(7-1-2-7)6-23-4-3-10(20)21/h5,7,9H,1-4,6H2,(H,20,21)(H2,18,19,22)/t9-/m1/s1. The van der Waals surface area contributed by atoms with Gasteiger partial charge < -0.3 is 15.2 Å². The van der Waals surface area contributed by atoms with Crippen molar-refractivity contribution < 1.29 is 27.8 Å². The van der Waals surface area contributed by atoms with Gasteiger partial charge in [0.25, 0.3) is 5.56 Å². The van der Waals surface area contributed by atoms with Crippen molar-refractivity contribution in [2.75, 3.05) is 18.5 Å². The van der Waals surface area contributed by atoms with Crippen LogP contribution in [-0.2, 0) is 15.7 Å². The third-order valence-corrected chi connectivity index (χ3v) is 3.43. The first-order valence-electron chi connectivity index (χ1n) is 7.00. The first-order chi connectivity index (χ1) is 10.8. The van der Waals surface area contributed by atoms with Crippen molar-refractivity contribution in [3.8, 4) is 0 Å². The molecule has 1 aromatic rings. The number of aromatic nitrogens is 2. The average molecular weight is 335 g/mol. The Morgan fingerprint density at radius 1 is 1.52 bits per heavy atom. The highest BCUT2D eigenvalue weighted by molar-refractivity contribution is 5.66. The fraction of sp³-hybridized carbons (Fsp3) is 0.615. The Morgan fingerprint density at radius 2 is 2.22 bits per heavy atom. The van der Waals surface area contributed by atoms with Gasteiger partial charge in [0.05, 0.1) is 37.6 Å². The maximum Gasteiger partial charge on any atom is 0.423 e. The molecule has 0 radical (unpaired) electrons. The number of aliphatic carboxylic acids is 1. The van der Waals surface area contributed by atoms with E-state index in [1.54, 1.807) is 5.10 Å². The van der Waals surface area contributed by atoms with Crippen LogP contribution in [0.4, 0.5) is 18.9 Å². The van der Waals surface area contributed by atoms with Crippen molar-refractivity contribution in [2.45, 2.75) is 31.5 Å². The Bertz CT molecular complexity index is 613. The molecule has 0 amide bonds. The molecule has 0 aliphatic heterocycles. The number of alkyl halides is 3. The molecule has 0 spiro atoms. The quantitative estimate of drug-likeness (QED) is 0.622. The van der Waals surface area contributed by atoms with Crippen molar-refractivity contribution >= 4 is 11.7 Å². The molecule has 128 valence electrons. The van der Waals surface area contributed by atoms with E-state index in [0.717, 1.165) is 19.0 Å². The molecule has 1 fully saturated rings. The van der Waals surface area contributed by atoms with Crippen molar-refractivity contribution in [1.29, 1.82) is 0 Å². The summed E-state index contributed by atoms with van der Waals surface area (Å²) in [7, 11) is 0.